The zero-order chi connectivity index (χ0) is 40.6. The van der Waals surface area contributed by atoms with Crippen LogP contribution in [0.2, 0.25) is 0 Å². The number of thioether (sulfide) groups is 1. The van der Waals surface area contributed by atoms with E-state index in [-0.39, 0.29) is 36.5 Å². The Bertz CT molecular complexity index is 2450. The van der Waals surface area contributed by atoms with Crippen LogP contribution in [0.3, 0.4) is 0 Å². The van der Waals surface area contributed by atoms with E-state index in [1.165, 1.54) is 11.8 Å². The number of anilines is 1. The molecule has 12 nitrogen and oxygen atoms in total. The topological polar surface area (TPSA) is 153 Å². The molecule has 1 aliphatic heterocycles. The van der Waals surface area contributed by atoms with Crippen molar-refractivity contribution in [2.24, 2.45) is 5.92 Å². The number of para-hydroxylation sites is 1. The highest BCUT2D eigenvalue weighted by Crippen LogP contribution is 2.43. The summed E-state index contributed by atoms with van der Waals surface area (Å²) in [6.07, 6.45) is -1.20. The van der Waals surface area contributed by atoms with E-state index in [9.17, 15) is 15.0 Å². The summed E-state index contributed by atoms with van der Waals surface area (Å²) in [4.78, 5) is 12.9. The zero-order valence-electron chi connectivity index (χ0n) is 32.1. The first-order valence-electron chi connectivity index (χ1n) is 19.2. The summed E-state index contributed by atoms with van der Waals surface area (Å²) < 4.78 is 20.9. The van der Waals surface area contributed by atoms with Gasteiger partial charge < -0.3 is 35.1 Å². The molecule has 4 N–H and O–H groups in total. The molecule has 4 unspecified atom stereocenters. The molecule has 1 fully saturated rings. The number of amides is 2. The number of benzene rings is 6. The quantitative estimate of drug-likeness (QED) is 0.0830. The lowest BCUT2D eigenvalue weighted by Crippen LogP contribution is -2.38. The highest BCUT2D eigenvalue weighted by molar-refractivity contribution is 7.99. The Kier molecular flexibility index (Phi) is 12.3. The predicted octanol–water partition coefficient (Wildman–Crippen LogP) is 9.22. The fourth-order valence-electron chi connectivity index (χ4n) is 6.85. The number of ether oxygens (including phenoxy) is 3. The number of tetrazole rings is 1. The first kappa shape index (κ1) is 39.3. The number of aliphatic hydroxyl groups is 1. The molecule has 0 spiro atoms. The molecule has 1 saturated heterocycles. The Morgan fingerprint density at radius 1 is 0.797 bits per heavy atom. The van der Waals surface area contributed by atoms with Gasteiger partial charge >= 0.3 is 6.03 Å². The van der Waals surface area contributed by atoms with Gasteiger partial charge in [0.25, 0.3) is 0 Å². The van der Waals surface area contributed by atoms with Crippen molar-refractivity contribution in [2.75, 3.05) is 11.1 Å². The lowest BCUT2D eigenvalue weighted by molar-refractivity contribution is -0.268. The number of nitrogens with one attached hydrogen (secondary N) is 2. The van der Waals surface area contributed by atoms with E-state index in [0.717, 1.165) is 44.8 Å². The number of aliphatic hydroxyl groups excluding tert-OH is 1. The molecule has 0 radical (unpaired) electrons. The number of urea groups is 1. The van der Waals surface area contributed by atoms with Crippen molar-refractivity contribution in [3.05, 3.63) is 174 Å². The first-order chi connectivity index (χ1) is 28.9. The van der Waals surface area contributed by atoms with Crippen LogP contribution >= 0.6 is 11.8 Å². The van der Waals surface area contributed by atoms with Crippen LogP contribution in [0, 0.1) is 5.92 Å². The highest BCUT2D eigenvalue weighted by Gasteiger charge is 2.38. The second-order valence-electron chi connectivity index (χ2n) is 14.0. The standard InChI is InChI=1S/C46H42N6O6S/c1-30-42(29-59-46-49-50-51-52(46)37-21-23-38(54)24-22-37)57-44(58-43(30)33-13-11-31(28-53)12-14-33)34-17-15-32(16-18-34)41-10-6-5-7-35(41)27-47-45(55)48-36-19-25-40(26-20-36)56-39-8-3-2-4-9-39/h2-26,30,42-44,53-54H,27-29H2,1H3,(H2,47,48,55). The van der Waals surface area contributed by atoms with Crippen LogP contribution in [-0.4, -0.2) is 48.3 Å². The normalized spacial score (nSPS) is 17.6. The first-order valence-corrected chi connectivity index (χ1v) is 20.2. The van der Waals surface area contributed by atoms with Gasteiger partial charge in [-0.1, -0.05) is 110 Å². The molecular formula is C46H42N6O6S. The van der Waals surface area contributed by atoms with E-state index >= 15 is 0 Å². The highest BCUT2D eigenvalue weighted by atomic mass is 32.2. The number of rotatable bonds is 13. The number of nitrogens with zero attached hydrogens (tertiary/aromatic N) is 4. The van der Waals surface area contributed by atoms with Crippen molar-refractivity contribution in [3.63, 3.8) is 0 Å². The van der Waals surface area contributed by atoms with Crippen molar-refractivity contribution < 1.29 is 29.2 Å². The molecular weight excluding hydrogens is 765 g/mol. The minimum Gasteiger partial charge on any atom is -0.508 e. The van der Waals surface area contributed by atoms with E-state index < -0.39 is 6.29 Å². The third-order valence-electron chi connectivity index (χ3n) is 10.1. The number of hydrogen-bond donors (Lipinski definition) is 4. The average Bonchev–Trinajstić information content (AvgIpc) is 3.75. The van der Waals surface area contributed by atoms with Gasteiger partial charge in [-0.15, -0.1) is 5.10 Å². The Balaban J connectivity index is 0.946. The number of phenolic OH excluding ortho intramolecular Hbond substituents is 1. The van der Waals surface area contributed by atoms with E-state index in [0.29, 0.717) is 28.9 Å². The zero-order valence-corrected chi connectivity index (χ0v) is 32.9. The molecule has 0 bridgehead atoms. The summed E-state index contributed by atoms with van der Waals surface area (Å²) >= 11 is 1.48. The molecule has 298 valence electrons. The van der Waals surface area contributed by atoms with Crippen LogP contribution in [0.4, 0.5) is 10.5 Å². The van der Waals surface area contributed by atoms with Gasteiger partial charge in [0.2, 0.25) is 5.16 Å². The van der Waals surface area contributed by atoms with Crippen LogP contribution in [0.5, 0.6) is 17.2 Å². The second-order valence-corrected chi connectivity index (χ2v) is 15.0. The van der Waals surface area contributed by atoms with Crippen molar-refractivity contribution in [1.29, 1.82) is 0 Å². The van der Waals surface area contributed by atoms with Crippen LogP contribution in [0.15, 0.2) is 157 Å². The fourth-order valence-corrected chi connectivity index (χ4v) is 7.90. The minimum atomic E-state index is -0.666. The van der Waals surface area contributed by atoms with Crippen LogP contribution < -0.4 is 15.4 Å². The molecule has 1 aromatic heterocycles. The Morgan fingerprint density at radius 3 is 2.24 bits per heavy atom. The summed E-state index contributed by atoms with van der Waals surface area (Å²) in [5, 5.41) is 38.2. The van der Waals surface area contributed by atoms with E-state index in [1.807, 2.05) is 115 Å². The SMILES string of the molecule is CC1C(CSc2nnnn2-c2ccc(O)cc2)OC(c2ccc(-c3ccccc3CNC(=O)Nc3ccc(Oc4ccccc4)cc3)cc2)OC1c1ccc(CO)cc1. The molecule has 8 rings (SSSR count). The van der Waals surface area contributed by atoms with Crippen LogP contribution in [-0.2, 0) is 22.6 Å². The van der Waals surface area contributed by atoms with Gasteiger partial charge in [-0.3, -0.25) is 0 Å². The van der Waals surface area contributed by atoms with E-state index in [4.69, 9.17) is 14.2 Å². The second kappa shape index (κ2) is 18.4. The Morgan fingerprint density at radius 2 is 1.49 bits per heavy atom. The largest absolute Gasteiger partial charge is 0.508 e. The van der Waals surface area contributed by atoms with Crippen molar-refractivity contribution in [1.82, 2.24) is 25.5 Å². The van der Waals surface area contributed by atoms with Crippen LogP contribution in [0.25, 0.3) is 16.8 Å². The summed E-state index contributed by atoms with van der Waals surface area (Å²) in [6, 6.07) is 47.0. The van der Waals surface area contributed by atoms with Gasteiger partial charge in [0, 0.05) is 29.5 Å². The predicted molar refractivity (Wildman–Crippen MR) is 225 cm³/mol. The van der Waals surface area contributed by atoms with Gasteiger partial charge in [0.15, 0.2) is 6.29 Å². The average molecular weight is 807 g/mol. The Labute approximate surface area is 345 Å². The summed E-state index contributed by atoms with van der Waals surface area (Å²) in [6.45, 7) is 2.39. The maximum absolute atomic E-state index is 12.9. The molecule has 59 heavy (non-hydrogen) atoms. The van der Waals surface area contributed by atoms with Crippen molar-refractivity contribution in [2.45, 2.75) is 43.7 Å². The molecule has 2 amide bonds. The molecule has 0 aliphatic carbocycles. The lowest BCUT2D eigenvalue weighted by Gasteiger charge is -2.41. The molecule has 7 aromatic rings. The maximum atomic E-state index is 12.9. The smallest absolute Gasteiger partial charge is 0.319 e. The van der Waals surface area contributed by atoms with E-state index in [1.54, 1.807) is 41.1 Å². The molecule has 6 aromatic carbocycles. The van der Waals surface area contributed by atoms with Gasteiger partial charge in [0.05, 0.1) is 24.5 Å². The third-order valence-corrected chi connectivity index (χ3v) is 11.1. The summed E-state index contributed by atoms with van der Waals surface area (Å²) in [7, 11) is 0. The maximum Gasteiger partial charge on any atom is 0.319 e. The summed E-state index contributed by atoms with van der Waals surface area (Å²) in [5.41, 5.74) is 6.97. The Hall–Kier alpha value is -6.51. The van der Waals surface area contributed by atoms with Crippen LogP contribution in [0.1, 0.15) is 41.6 Å². The number of hydrogen-bond acceptors (Lipinski definition) is 10. The van der Waals surface area contributed by atoms with Gasteiger partial charge in [-0.25, -0.2) is 4.79 Å². The summed E-state index contributed by atoms with van der Waals surface area (Å²) in [5.74, 6) is 2.08. The fraction of sp³-hybridized carbons (Fsp3) is 0.174. The van der Waals surface area contributed by atoms with Crippen molar-refractivity contribution >= 4 is 23.5 Å². The number of aromatic hydroxyl groups is 1. The molecule has 0 saturated carbocycles. The monoisotopic (exact) mass is 806 g/mol. The van der Waals surface area contributed by atoms with Gasteiger partial charge in [-0.05, 0) is 98.9 Å². The third kappa shape index (κ3) is 9.62. The van der Waals surface area contributed by atoms with E-state index in [2.05, 4.69) is 33.1 Å². The minimum absolute atomic E-state index is 0.0403. The molecule has 1 aliphatic rings. The van der Waals surface area contributed by atoms with Gasteiger partial charge in [-0.2, -0.15) is 4.68 Å². The molecule has 2 heterocycles. The molecule has 13 heteroatoms. The number of aromatic nitrogens is 4. The van der Waals surface area contributed by atoms with Crippen molar-refractivity contribution in [3.8, 4) is 34.1 Å². The number of phenols is 1. The van der Waals surface area contributed by atoms with Gasteiger partial charge in [0.1, 0.15) is 17.2 Å². The number of carbonyl (C=O) groups is 1. The lowest BCUT2D eigenvalue weighted by atomic mass is 9.91. The molecule has 4 atom stereocenters. The number of carbonyl (C=O) groups excluding carboxylic acids is 1.